The fourth-order valence-electron chi connectivity index (χ4n) is 5.07. The second-order valence-corrected chi connectivity index (χ2v) is 9.19. The number of para-hydroxylation sites is 1. The van der Waals surface area contributed by atoms with E-state index in [2.05, 4.69) is 16.5 Å². The fourth-order valence-corrected chi connectivity index (χ4v) is 5.07. The molecule has 11 nitrogen and oxygen atoms in total. The van der Waals surface area contributed by atoms with Gasteiger partial charge >= 0.3 is 5.97 Å². The number of aliphatic carboxylic acids is 1. The summed E-state index contributed by atoms with van der Waals surface area (Å²) in [5, 5.41) is 51.9. The van der Waals surface area contributed by atoms with Crippen molar-refractivity contribution in [2.45, 2.75) is 43.4 Å². The van der Waals surface area contributed by atoms with Crippen molar-refractivity contribution in [3.63, 3.8) is 0 Å². The molecule has 2 aliphatic heterocycles. The molecule has 3 aromatic rings. The van der Waals surface area contributed by atoms with Crippen molar-refractivity contribution in [1.29, 1.82) is 0 Å². The smallest absolute Gasteiger partial charge is 0.335 e. The summed E-state index contributed by atoms with van der Waals surface area (Å²) in [6.07, 6.45) is -4.12. The lowest BCUT2D eigenvalue weighted by Crippen LogP contribution is -2.60. The predicted octanol–water partition coefficient (Wildman–Crippen LogP) is 0.818. The highest BCUT2D eigenvalue weighted by Gasteiger charge is 2.47. The van der Waals surface area contributed by atoms with Crippen LogP contribution in [0.2, 0.25) is 0 Å². The first kappa shape index (κ1) is 25.3. The Morgan fingerprint density at radius 3 is 2.62 bits per heavy atom. The van der Waals surface area contributed by atoms with E-state index in [0.717, 1.165) is 28.1 Å². The number of aliphatic hydroxyl groups excluding tert-OH is 4. The zero-order valence-corrected chi connectivity index (χ0v) is 19.7. The maximum Gasteiger partial charge on any atom is 0.335 e. The molecule has 2 aromatic heterocycles. The summed E-state index contributed by atoms with van der Waals surface area (Å²) in [7, 11) is 0. The normalized spacial score (nSPS) is 32.2. The van der Waals surface area contributed by atoms with Crippen LogP contribution in [0.5, 0.6) is 0 Å². The van der Waals surface area contributed by atoms with E-state index in [1.54, 1.807) is 6.20 Å². The van der Waals surface area contributed by atoms with Gasteiger partial charge in [0.25, 0.3) is 0 Å². The van der Waals surface area contributed by atoms with Gasteiger partial charge in [0.2, 0.25) is 6.29 Å². The highest BCUT2D eigenvalue weighted by atomic mass is 16.8. The van der Waals surface area contributed by atoms with E-state index in [1.165, 1.54) is 6.08 Å². The van der Waals surface area contributed by atoms with Gasteiger partial charge < -0.3 is 44.7 Å². The molecule has 37 heavy (non-hydrogen) atoms. The van der Waals surface area contributed by atoms with Crippen molar-refractivity contribution in [3.8, 4) is 0 Å². The quantitative estimate of drug-likeness (QED) is 0.249. The number of carboxylic acid groups (broad SMARTS) is 1. The summed E-state index contributed by atoms with van der Waals surface area (Å²) in [6, 6.07) is 9.70. The Bertz CT molecular complexity index is 1340. The summed E-state index contributed by atoms with van der Waals surface area (Å²) in [5.41, 5.74) is 2.35. The van der Waals surface area contributed by atoms with Crippen molar-refractivity contribution < 1.29 is 44.5 Å². The van der Waals surface area contributed by atoms with Gasteiger partial charge in [0.15, 0.2) is 6.29 Å². The Morgan fingerprint density at radius 1 is 1.11 bits per heavy atom. The maximum absolute atomic E-state index is 12.1. The van der Waals surface area contributed by atoms with E-state index < -0.39 is 61.4 Å². The van der Waals surface area contributed by atoms with E-state index in [4.69, 9.17) is 14.2 Å². The second-order valence-electron chi connectivity index (χ2n) is 9.19. The second kappa shape index (κ2) is 10.2. The average Bonchev–Trinajstić information content (AvgIpc) is 3.28. The van der Waals surface area contributed by atoms with E-state index in [9.17, 15) is 30.3 Å². The third kappa shape index (κ3) is 4.50. The summed E-state index contributed by atoms with van der Waals surface area (Å²) in [5.74, 6) is -2.57. The molecular weight excluding hydrogens is 484 g/mol. The van der Waals surface area contributed by atoms with Gasteiger partial charge in [0, 0.05) is 34.3 Å². The molecule has 11 heteroatoms. The van der Waals surface area contributed by atoms with Crippen LogP contribution < -0.4 is 0 Å². The molecule has 196 valence electrons. The zero-order valence-electron chi connectivity index (χ0n) is 19.7. The molecule has 0 aliphatic carbocycles. The molecule has 0 bridgehead atoms. The Hall–Kier alpha value is -3.32. The van der Waals surface area contributed by atoms with Gasteiger partial charge in [0.1, 0.15) is 24.4 Å². The number of aliphatic hydroxyl groups is 4. The van der Waals surface area contributed by atoms with Gasteiger partial charge in [-0.05, 0) is 18.6 Å². The Labute approximate surface area is 211 Å². The van der Waals surface area contributed by atoms with Gasteiger partial charge in [-0.1, -0.05) is 24.3 Å². The van der Waals surface area contributed by atoms with Gasteiger partial charge in [-0.15, -0.1) is 6.58 Å². The van der Waals surface area contributed by atoms with Crippen LogP contribution >= 0.6 is 0 Å². The number of nitrogens with one attached hydrogen (secondary N) is 1. The molecule has 0 spiro atoms. The maximum atomic E-state index is 12.1. The third-order valence-electron chi connectivity index (χ3n) is 7.06. The van der Waals surface area contributed by atoms with E-state index in [1.807, 2.05) is 30.3 Å². The Kier molecular flexibility index (Phi) is 6.99. The molecule has 1 fully saturated rings. The monoisotopic (exact) mass is 512 g/mol. The lowest BCUT2D eigenvalue weighted by atomic mass is 9.80. The van der Waals surface area contributed by atoms with Crippen LogP contribution in [0, 0.1) is 11.8 Å². The van der Waals surface area contributed by atoms with Crippen molar-refractivity contribution in [2.24, 2.45) is 11.8 Å². The lowest BCUT2D eigenvalue weighted by Gasteiger charge is -2.43. The minimum atomic E-state index is -1.64. The van der Waals surface area contributed by atoms with Gasteiger partial charge in [0.05, 0.1) is 29.7 Å². The van der Waals surface area contributed by atoms with Gasteiger partial charge in [-0.25, -0.2) is 4.79 Å². The number of fused-ring (bicyclic) bond motifs is 3. The predicted molar refractivity (Wildman–Crippen MR) is 130 cm³/mol. The minimum Gasteiger partial charge on any atom is -0.478 e. The number of pyridine rings is 1. The molecule has 4 heterocycles. The number of nitrogens with zero attached hydrogens (tertiary/aromatic N) is 1. The number of rotatable bonds is 7. The van der Waals surface area contributed by atoms with E-state index in [-0.39, 0.29) is 12.0 Å². The highest BCUT2D eigenvalue weighted by Crippen LogP contribution is 2.38. The van der Waals surface area contributed by atoms with Crippen LogP contribution in [0.4, 0.5) is 0 Å². The number of aromatic nitrogens is 2. The van der Waals surface area contributed by atoms with Crippen LogP contribution in [0.3, 0.4) is 0 Å². The molecular formula is C26H28N2O9. The van der Waals surface area contributed by atoms with E-state index in [0.29, 0.717) is 5.69 Å². The number of aromatic amines is 1. The number of hydrogen-bond donors (Lipinski definition) is 6. The van der Waals surface area contributed by atoms with Gasteiger partial charge in [-0.2, -0.15) is 0 Å². The number of ether oxygens (including phenoxy) is 3. The molecule has 0 unspecified atom stereocenters. The third-order valence-corrected chi connectivity index (χ3v) is 7.06. The lowest BCUT2D eigenvalue weighted by molar-refractivity contribution is -0.339. The number of H-pyrrole nitrogens is 1. The minimum absolute atomic E-state index is 0.00605. The number of carboxylic acids is 1. The van der Waals surface area contributed by atoms with Crippen LogP contribution in [0.25, 0.3) is 21.8 Å². The SMILES string of the molecule is C=C[C@H]1[C@H](O[C@@H]2O[C@H](CO)[C@@H](O)[C@H](O)[C@H]2O)OC=C(C(=O)O)[C@H]1Cc1nccc2c1[nH]c1ccccc12. The van der Waals surface area contributed by atoms with Crippen LogP contribution in [0.15, 0.2) is 61.0 Å². The molecule has 1 aromatic carbocycles. The van der Waals surface area contributed by atoms with Crippen molar-refractivity contribution in [2.75, 3.05) is 6.61 Å². The van der Waals surface area contributed by atoms with Crippen molar-refractivity contribution >= 4 is 27.8 Å². The van der Waals surface area contributed by atoms with Crippen molar-refractivity contribution in [3.05, 3.63) is 66.7 Å². The number of benzene rings is 1. The largest absolute Gasteiger partial charge is 0.478 e. The first-order valence-electron chi connectivity index (χ1n) is 11.9. The molecule has 0 saturated carbocycles. The summed E-state index contributed by atoms with van der Waals surface area (Å²) in [4.78, 5) is 20.0. The summed E-state index contributed by atoms with van der Waals surface area (Å²) >= 11 is 0. The van der Waals surface area contributed by atoms with Crippen LogP contribution in [-0.2, 0) is 25.4 Å². The molecule has 0 amide bonds. The molecule has 1 saturated heterocycles. The Morgan fingerprint density at radius 2 is 1.89 bits per heavy atom. The first-order valence-corrected chi connectivity index (χ1v) is 11.9. The zero-order chi connectivity index (χ0) is 26.3. The molecule has 0 radical (unpaired) electrons. The van der Waals surface area contributed by atoms with Crippen LogP contribution in [-0.4, -0.2) is 85.1 Å². The molecule has 5 rings (SSSR count). The molecule has 2 aliphatic rings. The fraction of sp³-hybridized carbons (Fsp3) is 0.385. The average molecular weight is 513 g/mol. The topological polar surface area (TPSA) is 175 Å². The standard InChI is InChI=1S/C26H28N2O9/c1-2-12-15(9-18-20-14(7-8-27-18)13-5-3-4-6-17(13)28-20)16(24(33)34)11-35-25(12)37-26-23(32)22(31)21(30)19(10-29)36-26/h2-8,11-12,15,19,21-23,25-26,28-32H,1,9-10H2,(H,33,34)/t12-,15+,19-,21-,22+,23-,25+,26+/m1/s1. The molecule has 8 atom stereocenters. The first-order chi connectivity index (χ1) is 17.8. The Balaban J connectivity index is 1.46. The van der Waals surface area contributed by atoms with E-state index >= 15 is 0 Å². The summed E-state index contributed by atoms with van der Waals surface area (Å²) < 4.78 is 16.8. The van der Waals surface area contributed by atoms with Crippen LogP contribution in [0.1, 0.15) is 5.69 Å². The highest BCUT2D eigenvalue weighted by molar-refractivity contribution is 6.07. The van der Waals surface area contributed by atoms with Crippen molar-refractivity contribution in [1.82, 2.24) is 9.97 Å². The molecule has 6 N–H and O–H groups in total. The number of hydrogen-bond acceptors (Lipinski definition) is 9. The van der Waals surface area contributed by atoms with Gasteiger partial charge in [-0.3, -0.25) is 4.98 Å². The summed E-state index contributed by atoms with van der Waals surface area (Å²) in [6.45, 7) is 3.23. The number of carbonyl (C=O) groups is 1.